The summed E-state index contributed by atoms with van der Waals surface area (Å²) in [4.78, 5) is 27.5. The van der Waals surface area contributed by atoms with Gasteiger partial charge in [0, 0.05) is 48.7 Å². The Bertz CT molecular complexity index is 1330. The summed E-state index contributed by atoms with van der Waals surface area (Å²) in [6, 6.07) is 11.2. The molecule has 3 aromatic rings. The molecule has 0 saturated carbocycles. The molecule has 9 heteroatoms. The Hall–Kier alpha value is -3.72. The molecule has 2 N–H and O–H groups in total. The van der Waals surface area contributed by atoms with Gasteiger partial charge in [0.05, 0.1) is 12.2 Å². The van der Waals surface area contributed by atoms with E-state index in [9.17, 15) is 14.0 Å². The van der Waals surface area contributed by atoms with Crippen LogP contribution < -0.4 is 15.5 Å². The van der Waals surface area contributed by atoms with Gasteiger partial charge in [0.1, 0.15) is 11.5 Å². The zero-order chi connectivity index (χ0) is 29.6. The molecule has 8 nitrogen and oxygen atoms in total. The van der Waals surface area contributed by atoms with E-state index in [0.717, 1.165) is 12.0 Å². The first kappa shape index (κ1) is 30.8. The molecule has 0 aliphatic carbocycles. The summed E-state index contributed by atoms with van der Waals surface area (Å²) in [5.74, 6) is -1.19. The van der Waals surface area contributed by atoms with Gasteiger partial charge >= 0.3 is 0 Å². The molecule has 0 radical (unpaired) electrons. The first-order valence-electron chi connectivity index (χ1n) is 13.6. The van der Waals surface area contributed by atoms with Crippen LogP contribution in [-0.2, 0) is 4.74 Å². The van der Waals surface area contributed by atoms with Crippen molar-refractivity contribution in [1.82, 2.24) is 10.5 Å². The molecule has 0 spiro atoms. The second-order valence-electron chi connectivity index (χ2n) is 11.6. The third-order valence-corrected chi connectivity index (χ3v) is 6.27. The summed E-state index contributed by atoms with van der Waals surface area (Å²) in [5.41, 5.74) is 3.27. The number of nitrogens with one attached hydrogen (secondary N) is 2. The van der Waals surface area contributed by atoms with E-state index < -0.39 is 11.7 Å². The molecule has 0 aliphatic heterocycles. The van der Waals surface area contributed by atoms with E-state index in [2.05, 4.69) is 15.8 Å². The molecule has 2 amide bonds. The molecule has 40 heavy (non-hydrogen) atoms. The second-order valence-corrected chi connectivity index (χ2v) is 11.6. The molecule has 0 aliphatic rings. The zero-order valence-corrected chi connectivity index (χ0v) is 24.7. The highest BCUT2D eigenvalue weighted by molar-refractivity contribution is 6.05. The summed E-state index contributed by atoms with van der Waals surface area (Å²) in [5, 5.41) is 9.76. The quantitative estimate of drug-likeness (QED) is 0.284. The van der Waals surface area contributed by atoms with Crippen LogP contribution in [0.2, 0.25) is 0 Å². The first-order valence-corrected chi connectivity index (χ1v) is 13.6. The predicted octanol–water partition coefficient (Wildman–Crippen LogP) is 6.46. The lowest BCUT2D eigenvalue weighted by atomic mass is 9.97. The van der Waals surface area contributed by atoms with Crippen LogP contribution in [0.3, 0.4) is 0 Å². The number of hydrogen-bond donors (Lipinski definition) is 2. The van der Waals surface area contributed by atoms with Gasteiger partial charge in [-0.05, 0) is 68.5 Å². The van der Waals surface area contributed by atoms with E-state index in [-0.39, 0.29) is 34.9 Å². The Balaban J connectivity index is 1.76. The minimum absolute atomic E-state index is 0.0156. The van der Waals surface area contributed by atoms with Crippen molar-refractivity contribution in [3.05, 3.63) is 65.2 Å². The van der Waals surface area contributed by atoms with Crippen LogP contribution in [0.4, 0.5) is 15.8 Å². The molecule has 1 atom stereocenters. The van der Waals surface area contributed by atoms with E-state index >= 15 is 0 Å². The van der Waals surface area contributed by atoms with E-state index in [1.165, 1.54) is 12.1 Å². The third kappa shape index (κ3) is 8.64. The number of anilines is 2. The molecule has 0 bridgehead atoms. The first-order chi connectivity index (χ1) is 18.8. The largest absolute Gasteiger partial charge is 0.374 e. The average Bonchev–Trinajstić information content (AvgIpc) is 3.37. The lowest BCUT2D eigenvalue weighted by Gasteiger charge is -2.27. The fraction of sp³-hybridized carbons (Fsp3) is 0.452. The van der Waals surface area contributed by atoms with Gasteiger partial charge in [0.25, 0.3) is 11.8 Å². The number of halogens is 1. The van der Waals surface area contributed by atoms with Gasteiger partial charge in [0.2, 0.25) is 5.76 Å². The van der Waals surface area contributed by atoms with Crippen molar-refractivity contribution in [1.29, 1.82) is 0 Å². The fourth-order valence-electron chi connectivity index (χ4n) is 4.11. The summed E-state index contributed by atoms with van der Waals surface area (Å²) in [6.45, 7) is 15.0. The van der Waals surface area contributed by atoms with Crippen molar-refractivity contribution in [2.45, 2.75) is 67.1 Å². The number of rotatable bonds is 11. The van der Waals surface area contributed by atoms with E-state index in [0.29, 0.717) is 35.7 Å². The monoisotopic (exact) mass is 552 g/mol. The molecule has 3 rings (SSSR count). The Morgan fingerprint density at radius 1 is 1.10 bits per heavy atom. The molecule has 0 fully saturated rings. The van der Waals surface area contributed by atoms with Crippen molar-refractivity contribution in [2.75, 3.05) is 30.4 Å². The molecule has 0 saturated heterocycles. The number of nitrogens with zero attached hydrogens (tertiary/aromatic N) is 2. The number of carbonyl (C=O) groups is 2. The minimum atomic E-state index is -0.503. The summed E-state index contributed by atoms with van der Waals surface area (Å²) < 4.78 is 25.8. The van der Waals surface area contributed by atoms with Gasteiger partial charge in [-0.3, -0.25) is 9.59 Å². The summed E-state index contributed by atoms with van der Waals surface area (Å²) in [7, 11) is 1.85. The topological polar surface area (TPSA) is 96.7 Å². The van der Waals surface area contributed by atoms with Gasteiger partial charge in [-0.25, -0.2) is 4.39 Å². The highest BCUT2D eigenvalue weighted by Gasteiger charge is 2.19. The van der Waals surface area contributed by atoms with Crippen LogP contribution in [0, 0.1) is 18.2 Å². The van der Waals surface area contributed by atoms with Gasteiger partial charge in [-0.1, -0.05) is 38.9 Å². The number of aryl methyl sites for hydroxylation is 1. The highest BCUT2D eigenvalue weighted by atomic mass is 19.1. The number of benzene rings is 2. The smallest absolute Gasteiger partial charge is 0.289 e. The number of carbonyl (C=O) groups excluding carboxylic acids is 2. The number of ether oxygens (including phenoxy) is 1. The van der Waals surface area contributed by atoms with Crippen LogP contribution in [-0.4, -0.2) is 49.3 Å². The molecule has 1 unspecified atom stereocenters. The summed E-state index contributed by atoms with van der Waals surface area (Å²) in [6.07, 6.45) is 0.884. The maximum absolute atomic E-state index is 14.6. The van der Waals surface area contributed by atoms with Crippen LogP contribution in [0.15, 0.2) is 47.0 Å². The number of likely N-dealkylation sites (N-methyl/N-ethyl adjacent to an activating group) is 1. The van der Waals surface area contributed by atoms with Crippen LogP contribution >= 0.6 is 0 Å². The number of hydrogen-bond acceptors (Lipinski definition) is 6. The molecule has 216 valence electrons. The van der Waals surface area contributed by atoms with Crippen molar-refractivity contribution in [3.63, 3.8) is 0 Å². The average molecular weight is 553 g/mol. The Morgan fingerprint density at radius 3 is 2.48 bits per heavy atom. The molecule has 2 aromatic carbocycles. The molecule has 1 heterocycles. The molecular formula is C31H41FN4O4. The van der Waals surface area contributed by atoms with E-state index in [1.807, 2.05) is 66.5 Å². The van der Waals surface area contributed by atoms with Crippen LogP contribution in [0.1, 0.15) is 74.4 Å². The lowest BCUT2D eigenvalue weighted by molar-refractivity contribution is 0.0109. The zero-order valence-electron chi connectivity index (χ0n) is 24.7. The van der Waals surface area contributed by atoms with Gasteiger partial charge in [-0.2, -0.15) is 0 Å². The van der Waals surface area contributed by atoms with Gasteiger partial charge < -0.3 is 24.8 Å². The normalized spacial score (nSPS) is 12.3. The van der Waals surface area contributed by atoms with E-state index in [1.54, 1.807) is 24.3 Å². The predicted molar refractivity (Wildman–Crippen MR) is 156 cm³/mol. The maximum Gasteiger partial charge on any atom is 0.289 e. The standard InChI is InChI=1S/C31H41FN4O4/c1-9-25(39-19(2)3)17-36(8)24-13-21(12-22(32)14-24)29(37)34-23-11-10-20(4)26(15-23)27-16-28(40-35-27)30(38)33-18-31(5,6)7/h10-16,19,25H,9,17-18H2,1-8H3,(H,33,38)(H,34,37). The third-order valence-electron chi connectivity index (χ3n) is 6.27. The van der Waals surface area contributed by atoms with Gasteiger partial charge in [-0.15, -0.1) is 0 Å². The Labute approximate surface area is 236 Å². The Morgan fingerprint density at radius 2 is 1.82 bits per heavy atom. The SMILES string of the molecule is CCC(CN(C)c1cc(F)cc(C(=O)Nc2ccc(C)c(-c3cc(C(=O)NCC(C)(C)C)on3)c2)c1)OC(C)C. The lowest BCUT2D eigenvalue weighted by Crippen LogP contribution is -2.32. The number of amides is 2. The van der Waals surface area contributed by atoms with Gasteiger partial charge in [0.15, 0.2) is 0 Å². The number of aromatic nitrogens is 1. The maximum atomic E-state index is 14.6. The van der Waals surface area contributed by atoms with E-state index in [4.69, 9.17) is 9.26 Å². The van der Waals surface area contributed by atoms with Crippen molar-refractivity contribution < 1.29 is 23.2 Å². The minimum Gasteiger partial charge on any atom is -0.374 e. The fourth-order valence-corrected chi connectivity index (χ4v) is 4.11. The van der Waals surface area contributed by atoms with Crippen molar-refractivity contribution in [2.24, 2.45) is 5.41 Å². The second kappa shape index (κ2) is 13.1. The molecule has 1 aromatic heterocycles. The summed E-state index contributed by atoms with van der Waals surface area (Å²) >= 11 is 0. The van der Waals surface area contributed by atoms with Crippen molar-refractivity contribution in [3.8, 4) is 11.3 Å². The molecular weight excluding hydrogens is 511 g/mol. The van der Waals surface area contributed by atoms with Crippen LogP contribution in [0.25, 0.3) is 11.3 Å². The highest BCUT2D eigenvalue weighted by Crippen LogP contribution is 2.27. The Kier molecular flexibility index (Phi) is 10.1. The van der Waals surface area contributed by atoms with Crippen molar-refractivity contribution >= 4 is 23.2 Å². The van der Waals surface area contributed by atoms with Crippen LogP contribution in [0.5, 0.6) is 0 Å².